The van der Waals surface area contributed by atoms with E-state index in [1.54, 1.807) is 4.90 Å². The summed E-state index contributed by atoms with van der Waals surface area (Å²) in [7, 11) is 1.86. The first-order valence-electron chi connectivity index (χ1n) is 6.06. The van der Waals surface area contributed by atoms with Crippen molar-refractivity contribution >= 4 is 6.03 Å². The fraction of sp³-hybridized carbons (Fsp3) is 0.917. The number of nitrogens with zero attached hydrogens (tertiary/aromatic N) is 2. The number of carbonyl (C=O) groups excluding carboxylic acids is 1. The van der Waals surface area contributed by atoms with E-state index in [0.717, 1.165) is 0 Å². The second-order valence-electron chi connectivity index (χ2n) is 5.07. The highest BCUT2D eigenvalue weighted by atomic mass is 16.5. The van der Waals surface area contributed by atoms with Gasteiger partial charge >= 0.3 is 6.03 Å². The molecule has 4 heteroatoms. The van der Waals surface area contributed by atoms with Gasteiger partial charge in [-0.25, -0.2) is 4.79 Å². The van der Waals surface area contributed by atoms with Gasteiger partial charge in [-0.2, -0.15) is 0 Å². The third kappa shape index (κ3) is 2.88. The monoisotopic (exact) mass is 228 g/mol. The summed E-state index contributed by atoms with van der Waals surface area (Å²) in [6.45, 7) is 10.4. The first-order valence-corrected chi connectivity index (χ1v) is 6.06. The average molecular weight is 228 g/mol. The van der Waals surface area contributed by atoms with Crippen LogP contribution in [0.3, 0.4) is 0 Å². The summed E-state index contributed by atoms with van der Waals surface area (Å²) in [5.74, 6) is 0.435. The van der Waals surface area contributed by atoms with Crippen LogP contribution in [0, 0.1) is 5.92 Å². The van der Waals surface area contributed by atoms with E-state index in [4.69, 9.17) is 4.74 Å². The van der Waals surface area contributed by atoms with Crippen LogP contribution in [0.2, 0.25) is 0 Å². The number of morpholine rings is 1. The number of amides is 2. The van der Waals surface area contributed by atoms with Gasteiger partial charge in [0, 0.05) is 19.6 Å². The van der Waals surface area contributed by atoms with Crippen molar-refractivity contribution in [3.8, 4) is 0 Å². The summed E-state index contributed by atoms with van der Waals surface area (Å²) in [6.07, 6.45) is 0. The van der Waals surface area contributed by atoms with E-state index in [2.05, 4.69) is 13.8 Å². The van der Waals surface area contributed by atoms with Gasteiger partial charge in [0.05, 0.1) is 19.3 Å². The maximum Gasteiger partial charge on any atom is 0.320 e. The number of urea groups is 1. The molecule has 1 unspecified atom stereocenters. The summed E-state index contributed by atoms with van der Waals surface area (Å²) in [6, 6.07) is 0.572. The molecular weight excluding hydrogens is 204 g/mol. The molecule has 1 aliphatic rings. The van der Waals surface area contributed by atoms with Crippen LogP contribution in [0.4, 0.5) is 4.79 Å². The number of rotatable bonds is 2. The molecule has 0 aromatic carbocycles. The molecule has 1 aliphatic heterocycles. The maximum atomic E-state index is 12.3. The van der Waals surface area contributed by atoms with Crippen LogP contribution in [0.25, 0.3) is 0 Å². The summed E-state index contributed by atoms with van der Waals surface area (Å²) < 4.78 is 5.45. The minimum Gasteiger partial charge on any atom is -0.377 e. The molecule has 1 heterocycles. The van der Waals surface area contributed by atoms with Gasteiger partial charge < -0.3 is 14.5 Å². The van der Waals surface area contributed by atoms with Crippen molar-refractivity contribution < 1.29 is 9.53 Å². The highest BCUT2D eigenvalue weighted by Gasteiger charge is 2.31. The van der Waals surface area contributed by atoms with Gasteiger partial charge in [-0.15, -0.1) is 0 Å². The Labute approximate surface area is 98.5 Å². The third-order valence-corrected chi connectivity index (χ3v) is 3.26. The molecule has 0 radical (unpaired) electrons. The molecule has 0 aromatic rings. The first kappa shape index (κ1) is 13.3. The Kier molecular flexibility index (Phi) is 4.59. The van der Waals surface area contributed by atoms with E-state index in [1.165, 1.54) is 0 Å². The standard InChI is InChI=1S/C12H24N2O2/c1-9(2)11-8-16-7-6-14(11)12(15)13(5)10(3)4/h9-11H,6-8H2,1-5H3. The predicted molar refractivity (Wildman–Crippen MR) is 64.4 cm³/mol. The zero-order valence-corrected chi connectivity index (χ0v) is 11.1. The summed E-state index contributed by atoms with van der Waals surface area (Å²) in [5.41, 5.74) is 0. The van der Waals surface area contributed by atoms with Crippen LogP contribution in [0.15, 0.2) is 0 Å². The van der Waals surface area contributed by atoms with Crippen molar-refractivity contribution in [1.29, 1.82) is 0 Å². The zero-order valence-electron chi connectivity index (χ0n) is 11.1. The maximum absolute atomic E-state index is 12.3. The van der Waals surface area contributed by atoms with Crippen LogP contribution in [-0.2, 0) is 4.74 Å². The molecule has 94 valence electrons. The summed E-state index contributed by atoms with van der Waals surface area (Å²) in [4.78, 5) is 16.0. The molecule has 1 saturated heterocycles. The van der Waals surface area contributed by atoms with Gasteiger partial charge in [0.1, 0.15) is 0 Å². The lowest BCUT2D eigenvalue weighted by molar-refractivity contribution is -0.0115. The molecule has 0 aliphatic carbocycles. The van der Waals surface area contributed by atoms with E-state index in [9.17, 15) is 4.79 Å². The quantitative estimate of drug-likeness (QED) is 0.722. The second kappa shape index (κ2) is 5.53. The molecule has 0 N–H and O–H groups in total. The van der Waals surface area contributed by atoms with Crippen LogP contribution >= 0.6 is 0 Å². The normalized spacial score (nSPS) is 21.7. The Morgan fingerprint density at radius 2 is 2.00 bits per heavy atom. The summed E-state index contributed by atoms with van der Waals surface area (Å²) >= 11 is 0. The molecule has 0 saturated carbocycles. The molecule has 1 rings (SSSR count). The third-order valence-electron chi connectivity index (χ3n) is 3.26. The van der Waals surface area contributed by atoms with Gasteiger partial charge in [0.2, 0.25) is 0 Å². The lowest BCUT2D eigenvalue weighted by Crippen LogP contribution is -2.55. The molecule has 1 fully saturated rings. The molecular formula is C12H24N2O2. The Morgan fingerprint density at radius 3 is 2.50 bits per heavy atom. The first-order chi connectivity index (χ1) is 7.45. The average Bonchev–Trinajstić information content (AvgIpc) is 2.26. The minimum absolute atomic E-state index is 0.122. The van der Waals surface area contributed by atoms with Gasteiger partial charge in [-0.3, -0.25) is 0 Å². The van der Waals surface area contributed by atoms with E-state index < -0.39 is 0 Å². The van der Waals surface area contributed by atoms with Crippen molar-refractivity contribution in [1.82, 2.24) is 9.80 Å². The Balaban J connectivity index is 2.71. The van der Waals surface area contributed by atoms with Crippen molar-refractivity contribution in [2.45, 2.75) is 39.8 Å². The number of hydrogen-bond acceptors (Lipinski definition) is 2. The lowest BCUT2D eigenvalue weighted by Gasteiger charge is -2.40. The Hall–Kier alpha value is -0.770. The van der Waals surface area contributed by atoms with Crippen LogP contribution in [0.1, 0.15) is 27.7 Å². The van der Waals surface area contributed by atoms with E-state index in [-0.39, 0.29) is 18.1 Å². The Morgan fingerprint density at radius 1 is 1.38 bits per heavy atom. The molecule has 0 spiro atoms. The smallest absolute Gasteiger partial charge is 0.320 e. The molecule has 16 heavy (non-hydrogen) atoms. The fourth-order valence-corrected chi connectivity index (χ4v) is 1.84. The largest absolute Gasteiger partial charge is 0.377 e. The molecule has 4 nitrogen and oxygen atoms in total. The van der Waals surface area contributed by atoms with Crippen molar-refractivity contribution in [2.75, 3.05) is 26.8 Å². The summed E-state index contributed by atoms with van der Waals surface area (Å²) in [5, 5.41) is 0. The molecule has 0 aromatic heterocycles. The van der Waals surface area contributed by atoms with Gasteiger partial charge in [0.15, 0.2) is 0 Å². The van der Waals surface area contributed by atoms with E-state index in [0.29, 0.717) is 25.7 Å². The van der Waals surface area contributed by atoms with Crippen LogP contribution in [0.5, 0.6) is 0 Å². The van der Waals surface area contributed by atoms with Crippen LogP contribution in [-0.4, -0.2) is 54.7 Å². The highest BCUT2D eigenvalue weighted by molar-refractivity contribution is 5.75. The van der Waals surface area contributed by atoms with Gasteiger partial charge in [0.25, 0.3) is 0 Å². The van der Waals surface area contributed by atoms with Crippen molar-refractivity contribution in [3.05, 3.63) is 0 Å². The van der Waals surface area contributed by atoms with Gasteiger partial charge in [-0.1, -0.05) is 13.8 Å². The number of ether oxygens (including phenoxy) is 1. The lowest BCUT2D eigenvalue weighted by atomic mass is 10.0. The van der Waals surface area contributed by atoms with E-state index in [1.807, 2.05) is 25.8 Å². The minimum atomic E-state index is 0.122. The fourth-order valence-electron chi connectivity index (χ4n) is 1.84. The Bertz CT molecular complexity index is 241. The van der Waals surface area contributed by atoms with Gasteiger partial charge in [-0.05, 0) is 19.8 Å². The second-order valence-corrected chi connectivity index (χ2v) is 5.07. The number of carbonyl (C=O) groups is 1. The molecule has 1 atom stereocenters. The highest BCUT2D eigenvalue weighted by Crippen LogP contribution is 2.17. The molecule has 0 bridgehead atoms. The molecule has 2 amide bonds. The van der Waals surface area contributed by atoms with Crippen LogP contribution < -0.4 is 0 Å². The van der Waals surface area contributed by atoms with E-state index >= 15 is 0 Å². The number of hydrogen-bond donors (Lipinski definition) is 0. The topological polar surface area (TPSA) is 32.8 Å². The van der Waals surface area contributed by atoms with Crippen molar-refractivity contribution in [2.24, 2.45) is 5.92 Å². The SMILES string of the molecule is CC(C)C1COCCN1C(=O)N(C)C(C)C. The predicted octanol–water partition coefficient (Wildman–Crippen LogP) is 1.80. The van der Waals surface area contributed by atoms with Crippen molar-refractivity contribution in [3.63, 3.8) is 0 Å². The zero-order chi connectivity index (χ0) is 12.3.